The fraction of sp³-hybridized carbons (Fsp3) is 0.280. The molecule has 4 aromatic rings. The molecular weight excluding hydrogens is 406 g/mol. The largest absolute Gasteiger partial charge is 0.454 e. The molecule has 162 valence electrons. The van der Waals surface area contributed by atoms with Gasteiger partial charge in [-0.1, -0.05) is 35.5 Å². The summed E-state index contributed by atoms with van der Waals surface area (Å²) in [6.45, 7) is 5.36. The van der Waals surface area contributed by atoms with Gasteiger partial charge in [-0.3, -0.25) is 4.79 Å². The van der Waals surface area contributed by atoms with Crippen LogP contribution in [0.25, 0.3) is 22.4 Å². The number of Topliss-reactive ketones (excluding diaryl/α,β-unsaturated/α-hetero) is 1. The van der Waals surface area contributed by atoms with Crippen molar-refractivity contribution in [3.05, 3.63) is 70.7 Å². The van der Waals surface area contributed by atoms with E-state index in [1.165, 1.54) is 0 Å². The van der Waals surface area contributed by atoms with E-state index in [0.29, 0.717) is 28.4 Å². The summed E-state index contributed by atoms with van der Waals surface area (Å²) in [5.41, 5.74) is 5.08. The third-order valence-electron chi connectivity index (χ3n) is 5.94. The summed E-state index contributed by atoms with van der Waals surface area (Å²) in [6, 6.07) is 13.5. The van der Waals surface area contributed by atoms with Gasteiger partial charge in [0.2, 0.25) is 5.78 Å². The highest BCUT2D eigenvalue weighted by molar-refractivity contribution is 6.06. The summed E-state index contributed by atoms with van der Waals surface area (Å²) in [5.74, 6) is -0.820. The first kappa shape index (κ1) is 20.2. The normalized spacial score (nSPS) is 13.5. The number of aryl methyl sites for hydroxylation is 2. The maximum Gasteiger partial charge on any atom is 0.339 e. The molecule has 1 saturated carbocycles. The van der Waals surface area contributed by atoms with Gasteiger partial charge in [-0.15, -0.1) is 0 Å². The van der Waals surface area contributed by atoms with Gasteiger partial charge in [0.15, 0.2) is 6.61 Å². The second-order valence-corrected chi connectivity index (χ2v) is 8.25. The predicted molar refractivity (Wildman–Crippen MR) is 119 cm³/mol. The van der Waals surface area contributed by atoms with E-state index in [1.54, 1.807) is 13.0 Å². The molecule has 0 aliphatic heterocycles. The lowest BCUT2D eigenvalue weighted by atomic mass is 10.1. The lowest BCUT2D eigenvalue weighted by Gasteiger charge is -2.09. The summed E-state index contributed by atoms with van der Waals surface area (Å²) < 4.78 is 13.0. The number of hydrogen-bond acceptors (Lipinski definition) is 6. The average Bonchev–Trinajstić information content (AvgIpc) is 3.50. The number of aromatic nitrogens is 3. The van der Waals surface area contributed by atoms with Gasteiger partial charge >= 0.3 is 5.97 Å². The number of ether oxygens (including phenoxy) is 1. The molecule has 7 nitrogen and oxygen atoms in total. The van der Waals surface area contributed by atoms with Gasteiger partial charge in [-0.2, -0.15) is 0 Å². The lowest BCUT2D eigenvalue weighted by molar-refractivity contribution is 0.0476. The fourth-order valence-electron chi connectivity index (χ4n) is 4.25. The van der Waals surface area contributed by atoms with E-state index in [0.717, 1.165) is 29.8 Å². The van der Waals surface area contributed by atoms with Crippen molar-refractivity contribution in [3.63, 3.8) is 0 Å². The number of benzene rings is 1. The highest BCUT2D eigenvalue weighted by atomic mass is 16.5. The van der Waals surface area contributed by atoms with Crippen molar-refractivity contribution in [2.24, 2.45) is 0 Å². The first-order valence-corrected chi connectivity index (χ1v) is 10.6. The quantitative estimate of drug-likeness (QED) is 0.317. The van der Waals surface area contributed by atoms with E-state index < -0.39 is 5.97 Å². The Balaban J connectivity index is 1.42. The summed E-state index contributed by atoms with van der Waals surface area (Å²) in [7, 11) is 0. The molecule has 0 bridgehead atoms. The van der Waals surface area contributed by atoms with Crippen LogP contribution in [0, 0.1) is 20.8 Å². The Morgan fingerprint density at radius 2 is 1.84 bits per heavy atom. The molecule has 0 atom stereocenters. The van der Waals surface area contributed by atoms with Crippen molar-refractivity contribution in [2.75, 3.05) is 6.61 Å². The molecule has 0 spiro atoms. The zero-order chi connectivity index (χ0) is 22.4. The van der Waals surface area contributed by atoms with E-state index in [-0.39, 0.29) is 23.7 Å². The highest BCUT2D eigenvalue weighted by Gasteiger charge is 2.29. The number of carbonyl (C=O) groups excluding carboxylic acids is 2. The third kappa shape index (κ3) is 3.49. The number of carbonyl (C=O) groups is 2. The standard InChI is InChI=1S/C25H23N3O4/c1-14-11-19(16(3)28(14)18-9-10-18)22(29)13-31-25(30)20-12-21(17-7-5-4-6-8-17)26-24-23(20)15(2)27-32-24/h4-8,11-12,18H,9-10,13H2,1-3H3. The summed E-state index contributed by atoms with van der Waals surface area (Å²) in [4.78, 5) is 30.4. The monoisotopic (exact) mass is 429 g/mol. The van der Waals surface area contributed by atoms with Gasteiger partial charge in [-0.05, 0) is 45.7 Å². The summed E-state index contributed by atoms with van der Waals surface area (Å²) >= 11 is 0. The Kier molecular flexibility index (Phi) is 4.89. The van der Waals surface area contributed by atoms with Crippen LogP contribution in [0.4, 0.5) is 0 Å². The smallest absolute Gasteiger partial charge is 0.339 e. The van der Waals surface area contributed by atoms with Crippen molar-refractivity contribution in [2.45, 2.75) is 39.7 Å². The molecule has 0 N–H and O–H groups in total. The van der Waals surface area contributed by atoms with E-state index in [1.807, 2.05) is 50.2 Å². The van der Waals surface area contributed by atoms with Gasteiger partial charge in [0.05, 0.1) is 22.3 Å². The molecule has 1 aromatic carbocycles. The number of hydrogen-bond donors (Lipinski definition) is 0. The second-order valence-electron chi connectivity index (χ2n) is 8.25. The zero-order valence-corrected chi connectivity index (χ0v) is 18.2. The van der Waals surface area contributed by atoms with Crippen LogP contribution >= 0.6 is 0 Å². The van der Waals surface area contributed by atoms with Gasteiger partial charge in [0.1, 0.15) is 0 Å². The average molecular weight is 429 g/mol. The van der Waals surface area contributed by atoms with Crippen LogP contribution in [0.3, 0.4) is 0 Å². The fourth-order valence-corrected chi connectivity index (χ4v) is 4.25. The van der Waals surface area contributed by atoms with Crippen LogP contribution in [-0.4, -0.2) is 33.1 Å². The number of nitrogens with zero attached hydrogens (tertiary/aromatic N) is 3. The van der Waals surface area contributed by atoms with Crippen LogP contribution < -0.4 is 0 Å². The van der Waals surface area contributed by atoms with E-state index in [9.17, 15) is 9.59 Å². The minimum atomic E-state index is -0.606. The molecule has 3 aromatic heterocycles. The number of fused-ring (bicyclic) bond motifs is 1. The Morgan fingerprint density at radius 1 is 1.09 bits per heavy atom. The van der Waals surface area contributed by atoms with E-state index >= 15 is 0 Å². The third-order valence-corrected chi connectivity index (χ3v) is 5.94. The minimum absolute atomic E-state index is 0.214. The maximum absolute atomic E-state index is 13.0. The molecule has 3 heterocycles. The number of esters is 1. The SMILES string of the molecule is Cc1noc2nc(-c3ccccc3)cc(C(=O)OCC(=O)c3cc(C)n(C4CC4)c3C)c12. The number of ketones is 1. The van der Waals surface area contributed by atoms with Crippen LogP contribution in [0.2, 0.25) is 0 Å². The Hall–Kier alpha value is -3.74. The number of pyridine rings is 1. The Morgan fingerprint density at radius 3 is 2.56 bits per heavy atom. The molecule has 0 unspecified atom stereocenters. The summed E-state index contributed by atoms with van der Waals surface area (Å²) in [6.07, 6.45) is 2.28. The van der Waals surface area contributed by atoms with Gasteiger partial charge in [0.25, 0.3) is 5.71 Å². The molecule has 5 rings (SSSR count). The topological polar surface area (TPSA) is 87.2 Å². The van der Waals surface area contributed by atoms with Crippen molar-refractivity contribution in [1.29, 1.82) is 0 Å². The van der Waals surface area contributed by atoms with Crippen molar-refractivity contribution < 1.29 is 18.8 Å². The van der Waals surface area contributed by atoms with Crippen molar-refractivity contribution in [3.8, 4) is 11.3 Å². The van der Waals surface area contributed by atoms with E-state index in [4.69, 9.17) is 9.26 Å². The molecule has 0 radical (unpaired) electrons. The molecule has 0 saturated heterocycles. The molecule has 32 heavy (non-hydrogen) atoms. The molecule has 1 aliphatic rings. The molecule has 1 fully saturated rings. The lowest BCUT2D eigenvalue weighted by Crippen LogP contribution is -2.15. The van der Waals surface area contributed by atoms with Crippen molar-refractivity contribution in [1.82, 2.24) is 14.7 Å². The maximum atomic E-state index is 13.0. The summed E-state index contributed by atoms with van der Waals surface area (Å²) in [5, 5.41) is 4.44. The molecule has 7 heteroatoms. The first-order chi connectivity index (χ1) is 15.4. The van der Waals surface area contributed by atoms with Gasteiger partial charge in [0, 0.05) is 28.6 Å². The Bertz CT molecular complexity index is 1350. The molecule has 1 aliphatic carbocycles. The van der Waals surface area contributed by atoms with Crippen LogP contribution in [0.15, 0.2) is 47.0 Å². The van der Waals surface area contributed by atoms with Crippen LogP contribution in [0.1, 0.15) is 56.7 Å². The van der Waals surface area contributed by atoms with Crippen LogP contribution in [0.5, 0.6) is 0 Å². The van der Waals surface area contributed by atoms with E-state index in [2.05, 4.69) is 14.7 Å². The van der Waals surface area contributed by atoms with Gasteiger partial charge < -0.3 is 13.8 Å². The predicted octanol–water partition coefficient (Wildman–Crippen LogP) is 4.99. The molecule has 0 amide bonds. The minimum Gasteiger partial charge on any atom is -0.454 e. The zero-order valence-electron chi connectivity index (χ0n) is 18.2. The van der Waals surface area contributed by atoms with Gasteiger partial charge in [-0.25, -0.2) is 9.78 Å². The van der Waals surface area contributed by atoms with Crippen molar-refractivity contribution >= 4 is 22.9 Å². The Labute approximate surface area is 185 Å². The first-order valence-electron chi connectivity index (χ1n) is 10.6. The molecular formula is C25H23N3O4. The van der Waals surface area contributed by atoms with Crippen LogP contribution in [-0.2, 0) is 4.74 Å². The second kappa shape index (κ2) is 7.75. The number of rotatable bonds is 6. The highest BCUT2D eigenvalue weighted by Crippen LogP contribution is 2.38.